The first-order chi connectivity index (χ1) is 15.0. The van der Waals surface area contributed by atoms with Gasteiger partial charge in [0.2, 0.25) is 0 Å². The van der Waals surface area contributed by atoms with Crippen LogP contribution in [0.15, 0.2) is 47.3 Å². The van der Waals surface area contributed by atoms with Crippen molar-refractivity contribution < 1.29 is 4.79 Å². The molecule has 1 aliphatic rings. The first kappa shape index (κ1) is 21.5. The third kappa shape index (κ3) is 4.34. The largest absolute Gasteiger partial charge is 0.334 e. The lowest BCUT2D eigenvalue weighted by Gasteiger charge is -2.29. The molecule has 0 unspecified atom stereocenters. The molecule has 2 heterocycles. The summed E-state index contributed by atoms with van der Waals surface area (Å²) in [6.07, 6.45) is 0.856. The molecule has 3 aromatic rings. The third-order valence-electron chi connectivity index (χ3n) is 6.18. The number of nitrogens with zero attached hydrogens (tertiary/aromatic N) is 3. The normalized spacial score (nSPS) is 13.6. The highest BCUT2D eigenvalue weighted by Gasteiger charge is 2.22. The van der Waals surface area contributed by atoms with E-state index in [1.807, 2.05) is 17.0 Å². The van der Waals surface area contributed by atoms with Gasteiger partial charge in [0.1, 0.15) is 0 Å². The van der Waals surface area contributed by atoms with Gasteiger partial charge in [-0.1, -0.05) is 38.1 Å². The molecule has 4 rings (SSSR count). The number of fused-ring (bicyclic) bond motifs is 2. The molecule has 1 aliphatic heterocycles. The highest BCUT2D eigenvalue weighted by molar-refractivity contribution is 7.71. The summed E-state index contributed by atoms with van der Waals surface area (Å²) >= 11 is 5.46. The monoisotopic (exact) mass is 436 g/mol. The first-order valence-corrected chi connectivity index (χ1v) is 11.3. The average Bonchev–Trinajstić information content (AvgIpc) is 2.80. The number of H-pyrrole nitrogens is 1. The Morgan fingerprint density at radius 2 is 1.87 bits per heavy atom. The number of nitrogens with one attached hydrogen (secondary N) is 1. The Morgan fingerprint density at radius 3 is 2.61 bits per heavy atom. The minimum absolute atomic E-state index is 0.0265. The van der Waals surface area contributed by atoms with Crippen LogP contribution in [-0.2, 0) is 19.5 Å². The van der Waals surface area contributed by atoms with Crippen LogP contribution in [-0.4, -0.2) is 51.4 Å². The second-order valence-corrected chi connectivity index (χ2v) is 8.31. The maximum atomic E-state index is 13.1. The zero-order valence-corrected chi connectivity index (χ0v) is 18.9. The van der Waals surface area contributed by atoms with Gasteiger partial charge in [-0.3, -0.25) is 14.2 Å². The SMILES string of the molecule is CCN(CC)CCn1c(=S)[nH]c2cc(C(=O)N3CCc4ccccc4C3)ccc2c1=O. The molecule has 0 aliphatic carbocycles. The molecular formula is C24H28N4O2S. The lowest BCUT2D eigenvalue weighted by atomic mass is 9.99. The van der Waals surface area contributed by atoms with Crippen LogP contribution in [0, 0.1) is 4.77 Å². The molecule has 0 fully saturated rings. The Morgan fingerprint density at radius 1 is 1.13 bits per heavy atom. The number of rotatable bonds is 6. The lowest BCUT2D eigenvalue weighted by molar-refractivity contribution is 0.0735. The van der Waals surface area contributed by atoms with Crippen molar-refractivity contribution in [3.63, 3.8) is 0 Å². The van der Waals surface area contributed by atoms with Gasteiger partial charge >= 0.3 is 0 Å². The van der Waals surface area contributed by atoms with Crippen LogP contribution in [0.1, 0.15) is 35.3 Å². The number of hydrogen-bond donors (Lipinski definition) is 1. The van der Waals surface area contributed by atoms with Crippen LogP contribution >= 0.6 is 12.2 Å². The van der Waals surface area contributed by atoms with Crippen molar-refractivity contribution in [2.45, 2.75) is 33.4 Å². The summed E-state index contributed by atoms with van der Waals surface area (Å²) in [4.78, 5) is 33.4. The molecule has 6 nitrogen and oxygen atoms in total. The number of carbonyl (C=O) groups is 1. The molecule has 2 aromatic carbocycles. The van der Waals surface area contributed by atoms with E-state index >= 15 is 0 Å². The van der Waals surface area contributed by atoms with E-state index in [9.17, 15) is 9.59 Å². The number of hydrogen-bond acceptors (Lipinski definition) is 4. The number of carbonyl (C=O) groups excluding carboxylic acids is 1. The quantitative estimate of drug-likeness (QED) is 0.600. The minimum atomic E-state index is -0.114. The standard InChI is InChI=1S/C24H28N4O2S/c1-3-26(4-2)13-14-28-23(30)20-10-9-18(15-21(20)25-24(28)31)22(29)27-12-11-17-7-5-6-8-19(17)16-27/h5-10,15H,3-4,11-14,16H2,1-2H3,(H,25,31). The summed E-state index contributed by atoms with van der Waals surface area (Å²) in [6, 6.07) is 13.5. The zero-order valence-electron chi connectivity index (χ0n) is 18.1. The zero-order chi connectivity index (χ0) is 22.0. The van der Waals surface area contributed by atoms with Gasteiger partial charge in [0, 0.05) is 31.7 Å². The summed E-state index contributed by atoms with van der Waals surface area (Å²) in [5.41, 5.74) is 3.56. The number of aromatic amines is 1. The molecule has 1 aromatic heterocycles. The van der Waals surface area contributed by atoms with Crippen LogP contribution in [0.5, 0.6) is 0 Å². The van der Waals surface area contributed by atoms with Gasteiger partial charge < -0.3 is 14.8 Å². The van der Waals surface area contributed by atoms with Crippen molar-refractivity contribution in [2.24, 2.45) is 0 Å². The van der Waals surface area contributed by atoms with Crippen molar-refractivity contribution in [2.75, 3.05) is 26.2 Å². The van der Waals surface area contributed by atoms with Gasteiger partial charge in [0.05, 0.1) is 10.9 Å². The average molecular weight is 437 g/mol. The molecule has 162 valence electrons. The molecule has 0 atom stereocenters. The van der Waals surface area contributed by atoms with Crippen LogP contribution in [0.25, 0.3) is 10.9 Å². The summed E-state index contributed by atoms with van der Waals surface area (Å²) < 4.78 is 2.00. The first-order valence-electron chi connectivity index (χ1n) is 10.9. The van der Waals surface area contributed by atoms with Crippen molar-refractivity contribution >= 4 is 29.0 Å². The second-order valence-electron chi connectivity index (χ2n) is 7.92. The number of benzene rings is 2. The predicted octanol–water partition coefficient (Wildman–Crippen LogP) is 3.60. The Balaban J connectivity index is 1.60. The molecule has 7 heteroatoms. The summed E-state index contributed by atoms with van der Waals surface area (Å²) in [5, 5.41) is 0.550. The van der Waals surface area contributed by atoms with Gasteiger partial charge in [-0.2, -0.15) is 0 Å². The summed E-state index contributed by atoms with van der Waals surface area (Å²) in [5.74, 6) is -0.0265. The maximum absolute atomic E-state index is 13.1. The summed E-state index contributed by atoms with van der Waals surface area (Å²) in [7, 11) is 0. The molecule has 0 saturated heterocycles. The van der Waals surface area contributed by atoms with E-state index in [0.29, 0.717) is 40.9 Å². The van der Waals surface area contributed by atoms with E-state index in [-0.39, 0.29) is 11.5 Å². The van der Waals surface area contributed by atoms with Crippen molar-refractivity contribution in [3.05, 3.63) is 74.3 Å². The van der Waals surface area contributed by atoms with Crippen LogP contribution < -0.4 is 5.56 Å². The van der Waals surface area contributed by atoms with Gasteiger partial charge in [-0.05, 0) is 61.1 Å². The predicted molar refractivity (Wildman–Crippen MR) is 126 cm³/mol. The third-order valence-corrected chi connectivity index (χ3v) is 6.50. The Hall–Kier alpha value is -2.77. The highest BCUT2D eigenvalue weighted by atomic mass is 32.1. The Labute approximate surface area is 187 Å². The van der Waals surface area contributed by atoms with E-state index < -0.39 is 0 Å². The molecule has 1 amide bonds. The van der Waals surface area contributed by atoms with Crippen molar-refractivity contribution in [1.29, 1.82) is 0 Å². The fourth-order valence-electron chi connectivity index (χ4n) is 4.22. The second kappa shape index (κ2) is 9.16. The van der Waals surface area contributed by atoms with Crippen LogP contribution in [0.3, 0.4) is 0 Å². The van der Waals surface area contributed by atoms with Crippen molar-refractivity contribution in [1.82, 2.24) is 19.4 Å². The van der Waals surface area contributed by atoms with Gasteiger partial charge in [-0.15, -0.1) is 0 Å². The summed E-state index contributed by atoms with van der Waals surface area (Å²) in [6.45, 7) is 8.68. The van der Waals surface area contributed by atoms with Crippen molar-refractivity contribution in [3.8, 4) is 0 Å². The fraction of sp³-hybridized carbons (Fsp3) is 0.375. The van der Waals surface area contributed by atoms with Crippen LogP contribution in [0.2, 0.25) is 0 Å². The topological polar surface area (TPSA) is 61.3 Å². The Bertz CT molecular complexity index is 1230. The minimum Gasteiger partial charge on any atom is -0.334 e. The van der Waals surface area contributed by atoms with Crippen LogP contribution in [0.4, 0.5) is 0 Å². The molecule has 31 heavy (non-hydrogen) atoms. The van der Waals surface area contributed by atoms with Gasteiger partial charge in [0.15, 0.2) is 4.77 Å². The molecule has 0 saturated carbocycles. The molecular weight excluding hydrogens is 408 g/mol. The number of aromatic nitrogens is 2. The molecule has 0 radical (unpaired) electrons. The van der Waals surface area contributed by atoms with E-state index in [1.54, 1.807) is 22.8 Å². The number of likely N-dealkylation sites (N-methyl/N-ethyl adjacent to an activating group) is 1. The Kier molecular flexibility index (Phi) is 6.34. The molecule has 0 spiro atoms. The fourth-order valence-corrected chi connectivity index (χ4v) is 4.51. The maximum Gasteiger partial charge on any atom is 0.262 e. The van der Waals surface area contributed by atoms with E-state index in [4.69, 9.17) is 12.2 Å². The molecule has 0 bridgehead atoms. The van der Waals surface area contributed by atoms with E-state index in [2.05, 4.69) is 35.9 Å². The van der Waals surface area contributed by atoms with E-state index in [1.165, 1.54) is 11.1 Å². The van der Waals surface area contributed by atoms with Gasteiger partial charge in [0.25, 0.3) is 11.5 Å². The smallest absolute Gasteiger partial charge is 0.262 e. The lowest BCUT2D eigenvalue weighted by Crippen LogP contribution is -2.36. The molecule has 1 N–H and O–H groups in total. The van der Waals surface area contributed by atoms with E-state index in [0.717, 1.165) is 26.1 Å². The van der Waals surface area contributed by atoms with Gasteiger partial charge in [-0.25, -0.2) is 0 Å². The number of amides is 1. The highest BCUT2D eigenvalue weighted by Crippen LogP contribution is 2.21.